The fourth-order valence-corrected chi connectivity index (χ4v) is 2.15. The van der Waals surface area contributed by atoms with Crippen molar-refractivity contribution in [2.75, 3.05) is 7.05 Å². The standard InChI is InChI=1S/C14H17F2N3/c1-3-19-8-7-18-14(19)13(17-2)9-10-11(15)5-4-6-12(10)16/h4-8,13,17H,3,9H2,1-2H3. The minimum Gasteiger partial charge on any atom is -0.334 e. The molecule has 2 aromatic rings. The number of hydrogen-bond acceptors (Lipinski definition) is 2. The monoisotopic (exact) mass is 265 g/mol. The van der Waals surface area contributed by atoms with Crippen LogP contribution in [0.15, 0.2) is 30.6 Å². The Hall–Kier alpha value is -1.75. The highest BCUT2D eigenvalue weighted by Crippen LogP contribution is 2.21. The van der Waals surface area contributed by atoms with Crippen LogP contribution in [0.5, 0.6) is 0 Å². The number of imidazole rings is 1. The molecule has 0 amide bonds. The van der Waals surface area contributed by atoms with Gasteiger partial charge in [0.1, 0.15) is 17.5 Å². The zero-order valence-electron chi connectivity index (χ0n) is 11.0. The Bertz CT molecular complexity index is 531. The number of nitrogens with zero attached hydrogens (tertiary/aromatic N) is 2. The number of benzene rings is 1. The third-order valence-corrected chi connectivity index (χ3v) is 3.22. The Kier molecular flexibility index (Phi) is 4.27. The molecule has 0 fully saturated rings. The molecule has 1 atom stereocenters. The van der Waals surface area contributed by atoms with Crippen molar-refractivity contribution in [2.24, 2.45) is 0 Å². The van der Waals surface area contributed by atoms with Gasteiger partial charge in [0.15, 0.2) is 0 Å². The molecule has 0 aliphatic heterocycles. The normalized spacial score (nSPS) is 12.6. The molecule has 1 heterocycles. The second-order valence-corrected chi connectivity index (χ2v) is 4.32. The van der Waals surface area contributed by atoms with E-state index in [-0.39, 0.29) is 18.0 Å². The Morgan fingerprint density at radius 2 is 2.00 bits per heavy atom. The van der Waals surface area contributed by atoms with Gasteiger partial charge in [-0.1, -0.05) is 6.07 Å². The van der Waals surface area contributed by atoms with Crippen molar-refractivity contribution in [1.29, 1.82) is 0 Å². The summed E-state index contributed by atoms with van der Waals surface area (Å²) in [4.78, 5) is 4.27. The van der Waals surface area contributed by atoms with E-state index >= 15 is 0 Å². The van der Waals surface area contributed by atoms with Crippen molar-refractivity contribution in [1.82, 2.24) is 14.9 Å². The molecule has 0 spiro atoms. The zero-order chi connectivity index (χ0) is 13.8. The third-order valence-electron chi connectivity index (χ3n) is 3.22. The molecule has 0 saturated heterocycles. The third kappa shape index (κ3) is 2.81. The fourth-order valence-electron chi connectivity index (χ4n) is 2.15. The summed E-state index contributed by atoms with van der Waals surface area (Å²) in [6.45, 7) is 2.77. The minimum absolute atomic E-state index is 0.0903. The van der Waals surface area contributed by atoms with Crippen LogP contribution in [-0.4, -0.2) is 16.6 Å². The molecular formula is C14H17F2N3. The summed E-state index contributed by atoms with van der Waals surface area (Å²) in [7, 11) is 1.76. The topological polar surface area (TPSA) is 29.9 Å². The smallest absolute Gasteiger partial charge is 0.129 e. The highest BCUT2D eigenvalue weighted by molar-refractivity contribution is 5.22. The van der Waals surface area contributed by atoms with Crippen LogP contribution in [0.1, 0.15) is 24.4 Å². The first-order chi connectivity index (χ1) is 9.17. The molecule has 2 rings (SSSR count). The predicted octanol–water partition coefficient (Wildman–Crippen LogP) is 2.68. The molecule has 0 radical (unpaired) electrons. The largest absolute Gasteiger partial charge is 0.334 e. The van der Waals surface area contributed by atoms with Gasteiger partial charge in [-0.3, -0.25) is 0 Å². The van der Waals surface area contributed by atoms with Crippen molar-refractivity contribution in [3.8, 4) is 0 Å². The van der Waals surface area contributed by atoms with Gasteiger partial charge >= 0.3 is 0 Å². The lowest BCUT2D eigenvalue weighted by molar-refractivity contribution is 0.486. The van der Waals surface area contributed by atoms with E-state index in [4.69, 9.17) is 0 Å². The van der Waals surface area contributed by atoms with Crippen molar-refractivity contribution >= 4 is 0 Å². The molecule has 5 heteroatoms. The van der Waals surface area contributed by atoms with Gasteiger partial charge in [-0.2, -0.15) is 0 Å². The first-order valence-electron chi connectivity index (χ1n) is 6.28. The maximum Gasteiger partial charge on any atom is 0.129 e. The second kappa shape index (κ2) is 5.93. The number of aromatic nitrogens is 2. The molecule has 0 saturated carbocycles. The lowest BCUT2D eigenvalue weighted by atomic mass is 10.0. The summed E-state index contributed by atoms with van der Waals surface area (Å²) in [5, 5.41) is 3.07. The first-order valence-corrected chi connectivity index (χ1v) is 6.28. The average Bonchev–Trinajstić information content (AvgIpc) is 2.87. The Morgan fingerprint density at radius 1 is 1.32 bits per heavy atom. The van der Waals surface area contributed by atoms with Gasteiger partial charge < -0.3 is 9.88 Å². The molecule has 1 N–H and O–H groups in total. The quantitative estimate of drug-likeness (QED) is 0.900. The maximum atomic E-state index is 13.7. The van der Waals surface area contributed by atoms with Gasteiger partial charge in [-0.05, 0) is 26.1 Å². The van der Waals surface area contributed by atoms with Crippen molar-refractivity contribution in [3.05, 3.63) is 53.6 Å². The molecule has 3 nitrogen and oxygen atoms in total. The number of rotatable bonds is 5. The summed E-state index contributed by atoms with van der Waals surface area (Å²) in [5.74, 6) is -0.252. The molecule has 0 bridgehead atoms. The van der Waals surface area contributed by atoms with E-state index in [0.717, 1.165) is 12.4 Å². The highest BCUT2D eigenvalue weighted by atomic mass is 19.1. The van der Waals surface area contributed by atoms with Crippen LogP contribution in [0.2, 0.25) is 0 Å². The van der Waals surface area contributed by atoms with E-state index in [1.807, 2.05) is 17.7 Å². The van der Waals surface area contributed by atoms with Crippen molar-refractivity contribution in [3.63, 3.8) is 0 Å². The number of aryl methyl sites for hydroxylation is 1. The molecule has 19 heavy (non-hydrogen) atoms. The van der Waals surface area contributed by atoms with Crippen LogP contribution in [0.25, 0.3) is 0 Å². The highest BCUT2D eigenvalue weighted by Gasteiger charge is 2.19. The van der Waals surface area contributed by atoms with Gasteiger partial charge in [0.2, 0.25) is 0 Å². The predicted molar refractivity (Wildman–Crippen MR) is 69.8 cm³/mol. The second-order valence-electron chi connectivity index (χ2n) is 4.32. The van der Waals surface area contributed by atoms with Gasteiger partial charge in [0.25, 0.3) is 0 Å². The molecule has 0 aliphatic rings. The molecule has 1 unspecified atom stereocenters. The van der Waals surface area contributed by atoms with Crippen LogP contribution in [-0.2, 0) is 13.0 Å². The Morgan fingerprint density at radius 3 is 2.58 bits per heavy atom. The molecule has 102 valence electrons. The van der Waals surface area contributed by atoms with E-state index in [2.05, 4.69) is 10.3 Å². The summed E-state index contributed by atoms with van der Waals surface area (Å²) in [6, 6.07) is 3.70. The van der Waals surface area contributed by atoms with Crippen LogP contribution in [0, 0.1) is 11.6 Å². The maximum absolute atomic E-state index is 13.7. The van der Waals surface area contributed by atoms with Crippen molar-refractivity contribution < 1.29 is 8.78 Å². The van der Waals surface area contributed by atoms with E-state index in [1.165, 1.54) is 18.2 Å². The number of halogens is 2. The molecule has 1 aromatic carbocycles. The molecule has 1 aromatic heterocycles. The number of likely N-dealkylation sites (N-methyl/N-ethyl adjacent to an activating group) is 1. The Labute approximate surface area is 111 Å². The SMILES string of the molecule is CCn1ccnc1C(Cc1c(F)cccc1F)NC. The lowest BCUT2D eigenvalue weighted by Gasteiger charge is -2.17. The van der Waals surface area contributed by atoms with E-state index in [0.29, 0.717) is 0 Å². The number of nitrogens with one attached hydrogen (secondary N) is 1. The van der Waals surface area contributed by atoms with Gasteiger partial charge in [-0.15, -0.1) is 0 Å². The zero-order valence-corrected chi connectivity index (χ0v) is 11.0. The fraction of sp³-hybridized carbons (Fsp3) is 0.357. The summed E-state index contributed by atoms with van der Waals surface area (Å²) in [5.41, 5.74) is 0.0903. The van der Waals surface area contributed by atoms with Crippen LogP contribution >= 0.6 is 0 Å². The Balaban J connectivity index is 2.29. The van der Waals surface area contributed by atoms with E-state index in [9.17, 15) is 8.78 Å². The van der Waals surface area contributed by atoms with Gasteiger partial charge in [-0.25, -0.2) is 13.8 Å². The average molecular weight is 265 g/mol. The first kappa shape index (κ1) is 13.7. The van der Waals surface area contributed by atoms with Crippen LogP contribution in [0.4, 0.5) is 8.78 Å². The lowest BCUT2D eigenvalue weighted by Crippen LogP contribution is -2.23. The van der Waals surface area contributed by atoms with Crippen LogP contribution in [0.3, 0.4) is 0 Å². The van der Waals surface area contributed by atoms with Gasteiger partial charge in [0.05, 0.1) is 6.04 Å². The molecular weight excluding hydrogens is 248 g/mol. The van der Waals surface area contributed by atoms with Crippen LogP contribution < -0.4 is 5.32 Å². The molecule has 0 aliphatic carbocycles. The van der Waals surface area contributed by atoms with Crippen molar-refractivity contribution in [2.45, 2.75) is 25.9 Å². The summed E-state index contributed by atoms with van der Waals surface area (Å²) < 4.78 is 29.3. The van der Waals surface area contributed by atoms with E-state index in [1.54, 1.807) is 13.2 Å². The van der Waals surface area contributed by atoms with Gasteiger partial charge in [0, 0.05) is 30.9 Å². The summed E-state index contributed by atoms with van der Waals surface area (Å²) in [6.07, 6.45) is 3.78. The minimum atomic E-state index is -0.519. The van der Waals surface area contributed by atoms with E-state index < -0.39 is 11.6 Å². The number of hydrogen-bond donors (Lipinski definition) is 1. The summed E-state index contributed by atoms with van der Waals surface area (Å²) >= 11 is 0.